The van der Waals surface area contributed by atoms with Gasteiger partial charge in [-0.15, -0.1) is 5.10 Å². The molecule has 0 saturated heterocycles. The molecule has 5 nitrogen and oxygen atoms in total. The SMILES string of the molecule is c1ccc(-c2ccc(-n3nnnc3-c3c[nH]c4ccccc34)cc2)cc1. The molecule has 124 valence electrons. The lowest BCUT2D eigenvalue weighted by molar-refractivity contribution is 0.791. The van der Waals surface area contributed by atoms with Gasteiger partial charge < -0.3 is 4.98 Å². The molecule has 0 atom stereocenters. The third-order valence-corrected chi connectivity index (χ3v) is 4.52. The molecule has 3 aromatic carbocycles. The van der Waals surface area contributed by atoms with E-state index < -0.39 is 0 Å². The average molecular weight is 337 g/mol. The molecule has 0 aliphatic rings. The lowest BCUT2D eigenvalue weighted by Crippen LogP contribution is -1.99. The number of benzene rings is 3. The van der Waals surface area contributed by atoms with Crippen LogP contribution in [-0.2, 0) is 0 Å². The van der Waals surface area contributed by atoms with Gasteiger partial charge in [0.25, 0.3) is 0 Å². The zero-order chi connectivity index (χ0) is 17.3. The molecule has 5 heteroatoms. The van der Waals surface area contributed by atoms with Crippen molar-refractivity contribution in [3.05, 3.63) is 85.1 Å². The highest BCUT2D eigenvalue weighted by Crippen LogP contribution is 2.28. The van der Waals surface area contributed by atoms with Gasteiger partial charge in [-0.1, -0.05) is 60.7 Å². The Morgan fingerprint density at radius 2 is 1.46 bits per heavy atom. The summed E-state index contributed by atoms with van der Waals surface area (Å²) in [6, 6.07) is 26.7. The molecular formula is C21H15N5. The van der Waals surface area contributed by atoms with Crippen LogP contribution < -0.4 is 0 Å². The van der Waals surface area contributed by atoms with Crippen LogP contribution in [0.2, 0.25) is 0 Å². The Balaban J connectivity index is 1.57. The predicted octanol–water partition coefficient (Wildman–Crippen LogP) is 4.48. The van der Waals surface area contributed by atoms with Crippen molar-refractivity contribution in [3.63, 3.8) is 0 Å². The van der Waals surface area contributed by atoms with Crippen LogP contribution in [0.4, 0.5) is 0 Å². The summed E-state index contributed by atoms with van der Waals surface area (Å²) in [7, 11) is 0. The normalized spacial score (nSPS) is 11.1. The van der Waals surface area contributed by atoms with E-state index in [-0.39, 0.29) is 0 Å². The average Bonchev–Trinajstić information content (AvgIpc) is 3.35. The quantitative estimate of drug-likeness (QED) is 0.528. The van der Waals surface area contributed by atoms with Gasteiger partial charge >= 0.3 is 0 Å². The summed E-state index contributed by atoms with van der Waals surface area (Å²) in [6.07, 6.45) is 1.95. The molecule has 26 heavy (non-hydrogen) atoms. The van der Waals surface area contributed by atoms with Crippen molar-refractivity contribution in [2.45, 2.75) is 0 Å². The molecule has 0 amide bonds. The van der Waals surface area contributed by atoms with Crippen LogP contribution in [0, 0.1) is 0 Å². The second-order valence-corrected chi connectivity index (χ2v) is 6.08. The Kier molecular flexibility index (Phi) is 3.35. The fourth-order valence-corrected chi connectivity index (χ4v) is 3.21. The number of nitrogens with zero attached hydrogens (tertiary/aromatic N) is 4. The number of tetrazole rings is 1. The van der Waals surface area contributed by atoms with E-state index in [1.807, 2.05) is 54.7 Å². The Labute approximate surface area is 149 Å². The van der Waals surface area contributed by atoms with Crippen LogP contribution in [0.5, 0.6) is 0 Å². The minimum atomic E-state index is 0.718. The van der Waals surface area contributed by atoms with Crippen LogP contribution in [0.15, 0.2) is 85.1 Å². The van der Waals surface area contributed by atoms with Gasteiger partial charge in [-0.3, -0.25) is 0 Å². The van der Waals surface area contributed by atoms with Crippen molar-refractivity contribution in [1.82, 2.24) is 25.2 Å². The zero-order valence-electron chi connectivity index (χ0n) is 13.9. The first-order valence-corrected chi connectivity index (χ1v) is 8.41. The fourth-order valence-electron chi connectivity index (χ4n) is 3.21. The highest BCUT2D eigenvalue weighted by atomic mass is 15.5. The number of aromatic amines is 1. The predicted molar refractivity (Wildman–Crippen MR) is 102 cm³/mol. The van der Waals surface area contributed by atoms with E-state index in [0.29, 0.717) is 0 Å². The number of para-hydroxylation sites is 1. The van der Waals surface area contributed by atoms with Gasteiger partial charge in [0.05, 0.1) is 5.69 Å². The Bertz CT molecular complexity index is 1170. The van der Waals surface area contributed by atoms with Crippen molar-refractivity contribution in [2.75, 3.05) is 0 Å². The monoisotopic (exact) mass is 337 g/mol. The molecule has 0 fully saturated rings. The van der Waals surface area contributed by atoms with Crippen molar-refractivity contribution < 1.29 is 0 Å². The van der Waals surface area contributed by atoms with Crippen molar-refractivity contribution >= 4 is 10.9 Å². The molecule has 1 N–H and O–H groups in total. The lowest BCUT2D eigenvalue weighted by Gasteiger charge is -2.06. The molecule has 0 bridgehead atoms. The number of hydrogen-bond donors (Lipinski definition) is 1. The summed E-state index contributed by atoms with van der Waals surface area (Å²) in [6.45, 7) is 0. The minimum Gasteiger partial charge on any atom is -0.360 e. The highest BCUT2D eigenvalue weighted by molar-refractivity contribution is 5.93. The first kappa shape index (κ1) is 14.6. The maximum Gasteiger partial charge on any atom is 0.189 e. The Morgan fingerprint density at radius 3 is 2.31 bits per heavy atom. The van der Waals surface area contributed by atoms with E-state index in [0.717, 1.165) is 33.5 Å². The molecule has 5 rings (SSSR count). The Morgan fingerprint density at radius 1 is 0.731 bits per heavy atom. The van der Waals surface area contributed by atoms with Gasteiger partial charge in [-0.05, 0) is 39.8 Å². The molecule has 0 saturated carbocycles. The largest absolute Gasteiger partial charge is 0.360 e. The van der Waals surface area contributed by atoms with Gasteiger partial charge in [0.1, 0.15) is 0 Å². The summed E-state index contributed by atoms with van der Waals surface area (Å²) in [5.74, 6) is 0.718. The van der Waals surface area contributed by atoms with Crippen LogP contribution in [0.3, 0.4) is 0 Å². The topological polar surface area (TPSA) is 59.4 Å². The van der Waals surface area contributed by atoms with E-state index in [1.165, 1.54) is 5.56 Å². The molecular weight excluding hydrogens is 322 g/mol. The molecule has 2 aromatic heterocycles. The van der Waals surface area contributed by atoms with E-state index in [2.05, 4.69) is 50.8 Å². The fraction of sp³-hybridized carbons (Fsp3) is 0. The smallest absolute Gasteiger partial charge is 0.189 e. The number of H-pyrrole nitrogens is 1. The molecule has 0 aliphatic heterocycles. The van der Waals surface area contributed by atoms with Crippen molar-refractivity contribution in [1.29, 1.82) is 0 Å². The minimum absolute atomic E-state index is 0.718. The third-order valence-electron chi connectivity index (χ3n) is 4.52. The van der Waals surface area contributed by atoms with E-state index in [1.54, 1.807) is 4.68 Å². The lowest BCUT2D eigenvalue weighted by atomic mass is 10.1. The molecule has 5 aromatic rings. The number of nitrogens with one attached hydrogen (secondary N) is 1. The molecule has 0 radical (unpaired) electrons. The number of rotatable bonds is 3. The first-order valence-electron chi connectivity index (χ1n) is 8.41. The maximum absolute atomic E-state index is 4.25. The van der Waals surface area contributed by atoms with Crippen molar-refractivity contribution in [2.24, 2.45) is 0 Å². The van der Waals surface area contributed by atoms with Crippen molar-refractivity contribution in [3.8, 4) is 28.2 Å². The standard InChI is InChI=1S/C21H15N5/c1-2-6-15(7-3-1)16-10-12-17(13-11-16)26-21(23-24-25-26)19-14-22-20-9-5-4-8-18(19)20/h1-14,22H. The molecule has 0 spiro atoms. The first-order chi connectivity index (χ1) is 12.9. The van der Waals surface area contributed by atoms with E-state index >= 15 is 0 Å². The second-order valence-electron chi connectivity index (χ2n) is 6.08. The van der Waals surface area contributed by atoms with Gasteiger partial charge in [-0.2, -0.15) is 4.68 Å². The summed E-state index contributed by atoms with van der Waals surface area (Å²) in [5, 5.41) is 13.4. The van der Waals surface area contributed by atoms with Crippen LogP contribution >= 0.6 is 0 Å². The summed E-state index contributed by atoms with van der Waals surface area (Å²) in [5.41, 5.74) is 5.33. The van der Waals surface area contributed by atoms with Gasteiger partial charge in [-0.25, -0.2) is 0 Å². The van der Waals surface area contributed by atoms with Gasteiger partial charge in [0.2, 0.25) is 0 Å². The van der Waals surface area contributed by atoms with Crippen LogP contribution in [-0.4, -0.2) is 25.2 Å². The number of hydrogen-bond acceptors (Lipinski definition) is 3. The summed E-state index contributed by atoms with van der Waals surface area (Å²) < 4.78 is 1.77. The second kappa shape index (κ2) is 5.97. The van der Waals surface area contributed by atoms with E-state index in [9.17, 15) is 0 Å². The number of aromatic nitrogens is 5. The van der Waals surface area contributed by atoms with Gasteiger partial charge in [0, 0.05) is 22.7 Å². The summed E-state index contributed by atoms with van der Waals surface area (Å²) >= 11 is 0. The maximum atomic E-state index is 4.25. The number of fused-ring (bicyclic) bond motifs is 1. The van der Waals surface area contributed by atoms with E-state index in [4.69, 9.17) is 0 Å². The summed E-state index contributed by atoms with van der Waals surface area (Å²) in [4.78, 5) is 3.28. The molecule has 0 aliphatic carbocycles. The zero-order valence-corrected chi connectivity index (χ0v) is 13.9. The van der Waals surface area contributed by atoms with Gasteiger partial charge in [0.15, 0.2) is 5.82 Å². The third kappa shape index (κ3) is 2.38. The van der Waals surface area contributed by atoms with Crippen LogP contribution in [0.25, 0.3) is 39.1 Å². The Hall–Kier alpha value is -3.73. The molecule has 0 unspecified atom stereocenters. The highest BCUT2D eigenvalue weighted by Gasteiger charge is 2.14. The molecule has 2 heterocycles. The van der Waals surface area contributed by atoms with Crippen LogP contribution in [0.1, 0.15) is 0 Å².